The third-order valence-corrected chi connectivity index (χ3v) is 3.70. The van der Waals surface area contributed by atoms with Crippen LogP contribution in [0.2, 0.25) is 0 Å². The molecule has 0 aliphatic carbocycles. The molecule has 1 rings (SSSR count). The Labute approximate surface area is 101 Å². The van der Waals surface area contributed by atoms with Crippen LogP contribution in [0.5, 0.6) is 0 Å². The fraction of sp³-hybridized carbons (Fsp3) is 1.00. The molecule has 1 aliphatic heterocycles. The first-order valence-corrected chi connectivity index (χ1v) is 6.90. The number of hydrogen-bond acceptors (Lipinski definition) is 3. The van der Waals surface area contributed by atoms with Gasteiger partial charge < -0.3 is 15.1 Å². The van der Waals surface area contributed by atoms with Crippen LogP contribution < -0.4 is 5.32 Å². The Balaban J connectivity index is 1.98. The molecule has 0 radical (unpaired) electrons. The maximum atomic E-state index is 3.69. The lowest BCUT2D eigenvalue weighted by molar-refractivity contribution is 0.231. The average molecular weight is 227 g/mol. The van der Waals surface area contributed by atoms with Crippen molar-refractivity contribution in [1.82, 2.24) is 15.1 Å². The van der Waals surface area contributed by atoms with Gasteiger partial charge in [-0.25, -0.2) is 0 Å². The van der Waals surface area contributed by atoms with E-state index in [1.54, 1.807) is 0 Å². The Morgan fingerprint density at radius 1 is 1.19 bits per heavy atom. The maximum absolute atomic E-state index is 3.69. The smallest absolute Gasteiger partial charge is 0.00914 e. The zero-order valence-corrected chi connectivity index (χ0v) is 11.3. The van der Waals surface area contributed by atoms with Gasteiger partial charge in [-0.15, -0.1) is 0 Å². The van der Waals surface area contributed by atoms with Gasteiger partial charge >= 0.3 is 0 Å². The standard InChI is InChI=1S/C13H29N3/c1-4-16(5-2)10-6-9-14-13-7-11-15(3)12-8-13/h13-14H,4-12H2,1-3H3. The fourth-order valence-corrected chi connectivity index (χ4v) is 2.36. The SMILES string of the molecule is CCN(CC)CCCNC1CCN(C)CC1. The van der Waals surface area contributed by atoms with Crippen LogP contribution in [-0.2, 0) is 0 Å². The summed E-state index contributed by atoms with van der Waals surface area (Å²) in [6.07, 6.45) is 3.93. The molecule has 0 unspecified atom stereocenters. The van der Waals surface area contributed by atoms with Crippen LogP contribution in [0.4, 0.5) is 0 Å². The van der Waals surface area contributed by atoms with Gasteiger partial charge in [-0.05, 0) is 65.6 Å². The van der Waals surface area contributed by atoms with E-state index in [1.807, 2.05) is 0 Å². The Morgan fingerprint density at radius 3 is 2.38 bits per heavy atom. The second kappa shape index (κ2) is 8.04. The predicted octanol–water partition coefficient (Wildman–Crippen LogP) is 1.40. The molecule has 0 aromatic rings. The third kappa shape index (κ3) is 5.28. The predicted molar refractivity (Wildman–Crippen MR) is 70.9 cm³/mol. The van der Waals surface area contributed by atoms with E-state index < -0.39 is 0 Å². The molecule has 1 aliphatic rings. The summed E-state index contributed by atoms with van der Waals surface area (Å²) in [7, 11) is 2.22. The zero-order valence-electron chi connectivity index (χ0n) is 11.3. The molecule has 0 aromatic carbocycles. The second-order valence-corrected chi connectivity index (χ2v) is 4.91. The van der Waals surface area contributed by atoms with Crippen molar-refractivity contribution in [2.24, 2.45) is 0 Å². The monoisotopic (exact) mass is 227 g/mol. The molecule has 0 saturated carbocycles. The molecule has 16 heavy (non-hydrogen) atoms. The largest absolute Gasteiger partial charge is 0.314 e. The van der Waals surface area contributed by atoms with Crippen LogP contribution in [-0.4, -0.2) is 62.2 Å². The Bertz CT molecular complexity index is 161. The van der Waals surface area contributed by atoms with Crippen molar-refractivity contribution < 1.29 is 0 Å². The molecule has 1 saturated heterocycles. The van der Waals surface area contributed by atoms with Gasteiger partial charge in [0.1, 0.15) is 0 Å². The summed E-state index contributed by atoms with van der Waals surface area (Å²) in [6.45, 7) is 11.8. The molecule has 3 heteroatoms. The molecule has 0 atom stereocenters. The van der Waals surface area contributed by atoms with Crippen LogP contribution >= 0.6 is 0 Å². The first-order valence-electron chi connectivity index (χ1n) is 6.90. The quantitative estimate of drug-likeness (QED) is 0.663. The molecular weight excluding hydrogens is 198 g/mol. The average Bonchev–Trinajstić information content (AvgIpc) is 2.32. The fourth-order valence-electron chi connectivity index (χ4n) is 2.36. The van der Waals surface area contributed by atoms with Crippen LogP contribution in [0.25, 0.3) is 0 Å². The van der Waals surface area contributed by atoms with Crippen LogP contribution in [0.3, 0.4) is 0 Å². The summed E-state index contributed by atoms with van der Waals surface area (Å²) in [5.74, 6) is 0. The van der Waals surface area contributed by atoms with E-state index in [2.05, 4.69) is 36.0 Å². The van der Waals surface area contributed by atoms with Crippen LogP contribution in [0.15, 0.2) is 0 Å². The molecule has 1 heterocycles. The highest BCUT2D eigenvalue weighted by Crippen LogP contribution is 2.07. The summed E-state index contributed by atoms with van der Waals surface area (Å²) in [5, 5.41) is 3.69. The lowest BCUT2D eigenvalue weighted by atomic mass is 10.1. The second-order valence-electron chi connectivity index (χ2n) is 4.91. The van der Waals surface area contributed by atoms with E-state index in [4.69, 9.17) is 0 Å². The van der Waals surface area contributed by atoms with Gasteiger partial charge in [-0.1, -0.05) is 13.8 Å². The number of piperidine rings is 1. The van der Waals surface area contributed by atoms with Gasteiger partial charge in [0.25, 0.3) is 0 Å². The van der Waals surface area contributed by atoms with Crippen molar-refractivity contribution in [2.45, 2.75) is 39.2 Å². The highest BCUT2D eigenvalue weighted by molar-refractivity contribution is 4.75. The van der Waals surface area contributed by atoms with Gasteiger partial charge in [0.05, 0.1) is 0 Å². The van der Waals surface area contributed by atoms with E-state index in [-0.39, 0.29) is 0 Å². The topological polar surface area (TPSA) is 18.5 Å². The lowest BCUT2D eigenvalue weighted by Crippen LogP contribution is -2.41. The third-order valence-electron chi connectivity index (χ3n) is 3.70. The van der Waals surface area contributed by atoms with E-state index in [9.17, 15) is 0 Å². The highest BCUT2D eigenvalue weighted by atomic mass is 15.1. The number of nitrogens with one attached hydrogen (secondary N) is 1. The molecule has 0 bridgehead atoms. The van der Waals surface area contributed by atoms with E-state index in [0.717, 1.165) is 6.04 Å². The first kappa shape index (κ1) is 13.9. The lowest BCUT2D eigenvalue weighted by Gasteiger charge is -2.29. The Kier molecular flexibility index (Phi) is 7.01. The maximum Gasteiger partial charge on any atom is 0.00914 e. The van der Waals surface area contributed by atoms with Crippen molar-refractivity contribution >= 4 is 0 Å². The van der Waals surface area contributed by atoms with Gasteiger partial charge in [0.15, 0.2) is 0 Å². The highest BCUT2D eigenvalue weighted by Gasteiger charge is 2.15. The first-order chi connectivity index (χ1) is 7.76. The molecule has 0 aromatic heterocycles. The van der Waals surface area contributed by atoms with Crippen molar-refractivity contribution in [3.63, 3.8) is 0 Å². The van der Waals surface area contributed by atoms with Crippen molar-refractivity contribution in [3.05, 3.63) is 0 Å². The van der Waals surface area contributed by atoms with Crippen molar-refractivity contribution in [2.75, 3.05) is 46.3 Å². The van der Waals surface area contributed by atoms with Crippen LogP contribution in [0, 0.1) is 0 Å². The molecule has 0 amide bonds. The van der Waals surface area contributed by atoms with Gasteiger partial charge in [0.2, 0.25) is 0 Å². The molecule has 1 fully saturated rings. The number of likely N-dealkylation sites (tertiary alicyclic amines) is 1. The van der Waals surface area contributed by atoms with E-state index >= 15 is 0 Å². The molecular formula is C13H29N3. The van der Waals surface area contributed by atoms with Crippen LogP contribution in [0.1, 0.15) is 33.1 Å². The summed E-state index contributed by atoms with van der Waals surface area (Å²) >= 11 is 0. The van der Waals surface area contributed by atoms with Gasteiger partial charge in [-0.3, -0.25) is 0 Å². The molecule has 3 nitrogen and oxygen atoms in total. The summed E-state index contributed by atoms with van der Waals surface area (Å²) in [4.78, 5) is 4.92. The molecule has 1 N–H and O–H groups in total. The van der Waals surface area contributed by atoms with Gasteiger partial charge in [-0.2, -0.15) is 0 Å². The summed E-state index contributed by atoms with van der Waals surface area (Å²) < 4.78 is 0. The van der Waals surface area contributed by atoms with E-state index in [0.29, 0.717) is 0 Å². The minimum absolute atomic E-state index is 0.771. The van der Waals surface area contributed by atoms with Gasteiger partial charge in [0, 0.05) is 6.04 Å². The minimum atomic E-state index is 0.771. The number of hydrogen-bond donors (Lipinski definition) is 1. The number of rotatable bonds is 7. The molecule has 96 valence electrons. The zero-order chi connectivity index (χ0) is 11.8. The van der Waals surface area contributed by atoms with Crippen molar-refractivity contribution in [3.8, 4) is 0 Å². The van der Waals surface area contributed by atoms with E-state index in [1.165, 1.54) is 58.5 Å². The summed E-state index contributed by atoms with van der Waals surface area (Å²) in [5.41, 5.74) is 0. The Morgan fingerprint density at radius 2 is 1.81 bits per heavy atom. The summed E-state index contributed by atoms with van der Waals surface area (Å²) in [6, 6.07) is 0.771. The Hall–Kier alpha value is -0.120. The number of nitrogens with zero attached hydrogens (tertiary/aromatic N) is 2. The normalized spacial score (nSPS) is 19.5. The molecule has 0 spiro atoms. The van der Waals surface area contributed by atoms with Crippen molar-refractivity contribution in [1.29, 1.82) is 0 Å². The minimum Gasteiger partial charge on any atom is -0.314 e.